The van der Waals surface area contributed by atoms with Crippen LogP contribution in [0.2, 0.25) is 0 Å². The molecule has 0 amide bonds. The van der Waals surface area contributed by atoms with Gasteiger partial charge in [-0.3, -0.25) is 0 Å². The molecule has 1 aromatic rings. The monoisotopic (exact) mass is 296 g/mol. The molecular formula is C15H28N4S. The van der Waals surface area contributed by atoms with Crippen molar-refractivity contribution >= 4 is 11.8 Å². The molecule has 3 unspecified atom stereocenters. The van der Waals surface area contributed by atoms with Gasteiger partial charge >= 0.3 is 0 Å². The maximum absolute atomic E-state index is 6.35. The molecule has 0 radical (unpaired) electrons. The van der Waals surface area contributed by atoms with E-state index >= 15 is 0 Å². The van der Waals surface area contributed by atoms with Gasteiger partial charge in [-0.2, -0.15) is 0 Å². The van der Waals surface area contributed by atoms with E-state index in [0.717, 1.165) is 23.3 Å². The van der Waals surface area contributed by atoms with Gasteiger partial charge in [0.15, 0.2) is 5.16 Å². The molecule has 0 aliphatic heterocycles. The second-order valence-electron chi connectivity index (χ2n) is 6.76. The summed E-state index contributed by atoms with van der Waals surface area (Å²) in [5.41, 5.74) is 6.76. The molecule has 1 fully saturated rings. The molecule has 1 aliphatic rings. The lowest BCUT2D eigenvalue weighted by Crippen LogP contribution is -2.42. The van der Waals surface area contributed by atoms with Crippen LogP contribution in [0.25, 0.3) is 0 Å². The number of thioether (sulfide) groups is 1. The van der Waals surface area contributed by atoms with Crippen LogP contribution in [-0.4, -0.2) is 26.1 Å². The molecular weight excluding hydrogens is 268 g/mol. The lowest BCUT2D eigenvalue weighted by molar-refractivity contribution is 0.148. The number of hydrogen-bond acceptors (Lipinski definition) is 4. The smallest absolute Gasteiger partial charge is 0.191 e. The molecule has 2 N–H and O–H groups in total. The van der Waals surface area contributed by atoms with Gasteiger partial charge in [0.05, 0.1) is 0 Å². The van der Waals surface area contributed by atoms with Gasteiger partial charge in [-0.15, -0.1) is 10.2 Å². The van der Waals surface area contributed by atoms with E-state index in [9.17, 15) is 0 Å². The lowest BCUT2D eigenvalue weighted by atomic mass is 9.69. The second-order valence-corrected chi connectivity index (χ2v) is 7.97. The van der Waals surface area contributed by atoms with Gasteiger partial charge in [-0.1, -0.05) is 39.0 Å². The summed E-state index contributed by atoms with van der Waals surface area (Å²) in [5.74, 6) is 1.72. The van der Waals surface area contributed by atoms with E-state index in [-0.39, 0.29) is 6.04 Å². The van der Waals surface area contributed by atoms with Gasteiger partial charge < -0.3 is 10.3 Å². The van der Waals surface area contributed by atoms with Crippen molar-refractivity contribution in [3.8, 4) is 0 Å². The topological polar surface area (TPSA) is 56.7 Å². The van der Waals surface area contributed by atoms with Crippen LogP contribution >= 0.6 is 11.8 Å². The molecule has 2 rings (SSSR count). The van der Waals surface area contributed by atoms with E-state index in [4.69, 9.17) is 5.73 Å². The van der Waals surface area contributed by atoms with E-state index in [0.29, 0.717) is 10.7 Å². The van der Waals surface area contributed by atoms with Crippen molar-refractivity contribution in [1.82, 2.24) is 14.8 Å². The molecule has 20 heavy (non-hydrogen) atoms. The molecule has 0 bridgehead atoms. The van der Waals surface area contributed by atoms with Crippen LogP contribution < -0.4 is 5.73 Å². The minimum Gasteiger partial charge on any atom is -0.327 e. The average molecular weight is 296 g/mol. The number of rotatable bonds is 4. The van der Waals surface area contributed by atoms with Crippen molar-refractivity contribution in [3.05, 3.63) is 5.82 Å². The van der Waals surface area contributed by atoms with Crippen molar-refractivity contribution in [1.29, 1.82) is 0 Å². The molecule has 4 nitrogen and oxygen atoms in total. The summed E-state index contributed by atoms with van der Waals surface area (Å²) in [4.78, 5) is 0. The standard InChI is InChI=1S/C15H28N4S/c1-6-15(3,4)11-7-8-12(16)13(9-11)20-14-18-17-10(2)19(14)5/h11-13H,6-9,16H2,1-5H3. The number of nitrogens with zero attached hydrogens (tertiary/aromatic N) is 3. The summed E-state index contributed by atoms with van der Waals surface area (Å²) < 4.78 is 2.06. The lowest BCUT2D eigenvalue weighted by Gasteiger charge is -2.41. The average Bonchev–Trinajstić information content (AvgIpc) is 2.73. The first kappa shape index (κ1) is 15.8. The third-order valence-corrected chi connectivity index (χ3v) is 6.58. The number of hydrogen-bond donors (Lipinski definition) is 1. The molecule has 114 valence electrons. The zero-order valence-electron chi connectivity index (χ0n) is 13.4. The highest BCUT2D eigenvalue weighted by molar-refractivity contribution is 7.99. The molecule has 1 aromatic heterocycles. The molecule has 0 saturated heterocycles. The van der Waals surface area contributed by atoms with Gasteiger partial charge in [0.2, 0.25) is 0 Å². The van der Waals surface area contributed by atoms with Crippen LogP contribution in [0.5, 0.6) is 0 Å². The first-order valence-electron chi connectivity index (χ1n) is 7.63. The summed E-state index contributed by atoms with van der Waals surface area (Å²) in [6.45, 7) is 9.06. The van der Waals surface area contributed by atoms with E-state index in [1.54, 1.807) is 0 Å². The fourth-order valence-electron chi connectivity index (χ4n) is 2.91. The maximum Gasteiger partial charge on any atom is 0.191 e. The van der Waals surface area contributed by atoms with Crippen molar-refractivity contribution < 1.29 is 0 Å². The van der Waals surface area contributed by atoms with Gasteiger partial charge in [0.1, 0.15) is 5.82 Å². The van der Waals surface area contributed by atoms with Crippen LogP contribution in [0.1, 0.15) is 52.3 Å². The predicted molar refractivity (Wildman–Crippen MR) is 84.8 cm³/mol. The summed E-state index contributed by atoms with van der Waals surface area (Å²) in [6, 6.07) is 0.279. The third kappa shape index (κ3) is 3.19. The minimum atomic E-state index is 0.279. The zero-order valence-corrected chi connectivity index (χ0v) is 14.2. The largest absolute Gasteiger partial charge is 0.327 e. The zero-order chi connectivity index (χ0) is 14.9. The molecule has 1 aliphatic carbocycles. The Kier molecular flexibility index (Phi) is 4.80. The molecule has 3 atom stereocenters. The minimum absolute atomic E-state index is 0.279. The fourth-order valence-corrected chi connectivity index (χ4v) is 4.20. The Bertz CT molecular complexity index is 455. The van der Waals surface area contributed by atoms with Gasteiger partial charge in [0.25, 0.3) is 0 Å². The molecule has 0 spiro atoms. The highest BCUT2D eigenvalue weighted by Crippen LogP contribution is 2.44. The summed E-state index contributed by atoms with van der Waals surface area (Å²) >= 11 is 1.81. The van der Waals surface area contributed by atoms with E-state index in [1.807, 2.05) is 25.7 Å². The van der Waals surface area contributed by atoms with Crippen LogP contribution in [0.4, 0.5) is 0 Å². The van der Waals surface area contributed by atoms with Crippen molar-refractivity contribution in [3.63, 3.8) is 0 Å². The number of nitrogens with two attached hydrogens (primary N) is 1. The van der Waals surface area contributed by atoms with Gasteiger partial charge in [-0.05, 0) is 37.5 Å². The van der Waals surface area contributed by atoms with Crippen LogP contribution in [0.3, 0.4) is 0 Å². The third-order valence-electron chi connectivity index (χ3n) is 5.17. The normalized spacial score (nSPS) is 27.8. The van der Waals surface area contributed by atoms with Gasteiger partial charge in [0, 0.05) is 18.3 Å². The number of aryl methyl sites for hydroxylation is 1. The van der Waals surface area contributed by atoms with Crippen molar-refractivity contribution in [2.75, 3.05) is 0 Å². The highest BCUT2D eigenvalue weighted by atomic mass is 32.2. The summed E-state index contributed by atoms with van der Waals surface area (Å²) in [5, 5.41) is 9.87. The molecule has 0 aromatic carbocycles. The van der Waals surface area contributed by atoms with Crippen LogP contribution in [0, 0.1) is 18.3 Å². The van der Waals surface area contributed by atoms with Crippen molar-refractivity contribution in [2.24, 2.45) is 24.1 Å². The second kappa shape index (κ2) is 6.06. The van der Waals surface area contributed by atoms with Gasteiger partial charge in [-0.25, -0.2) is 0 Å². The Hall–Kier alpha value is -0.550. The van der Waals surface area contributed by atoms with E-state index in [2.05, 4.69) is 35.5 Å². The summed E-state index contributed by atoms with van der Waals surface area (Å²) in [6.07, 6.45) is 4.81. The Morgan fingerprint density at radius 3 is 2.60 bits per heavy atom. The van der Waals surface area contributed by atoms with Crippen molar-refractivity contribution in [2.45, 2.75) is 69.8 Å². The first-order chi connectivity index (χ1) is 9.35. The first-order valence-corrected chi connectivity index (χ1v) is 8.51. The quantitative estimate of drug-likeness (QED) is 0.927. The molecule has 1 heterocycles. The highest BCUT2D eigenvalue weighted by Gasteiger charge is 2.36. The number of aromatic nitrogens is 3. The maximum atomic E-state index is 6.35. The Labute approximate surface area is 126 Å². The molecule has 5 heteroatoms. The SMILES string of the molecule is CCC(C)(C)C1CCC(N)C(Sc2nnc(C)n2C)C1. The predicted octanol–water partition coefficient (Wildman–Crippen LogP) is 3.15. The van der Waals surface area contributed by atoms with E-state index in [1.165, 1.54) is 19.3 Å². The Morgan fingerprint density at radius 1 is 1.35 bits per heavy atom. The Balaban J connectivity index is 2.08. The Morgan fingerprint density at radius 2 is 2.05 bits per heavy atom. The van der Waals surface area contributed by atoms with Crippen LogP contribution in [0.15, 0.2) is 5.16 Å². The molecule has 1 saturated carbocycles. The fraction of sp³-hybridized carbons (Fsp3) is 0.867. The summed E-state index contributed by atoms with van der Waals surface area (Å²) in [7, 11) is 2.03. The van der Waals surface area contributed by atoms with E-state index < -0.39 is 0 Å². The van der Waals surface area contributed by atoms with Crippen LogP contribution in [-0.2, 0) is 7.05 Å².